The van der Waals surface area contributed by atoms with Gasteiger partial charge in [-0.1, -0.05) is 6.58 Å². The predicted molar refractivity (Wildman–Crippen MR) is 110 cm³/mol. The second-order valence-corrected chi connectivity index (χ2v) is 6.80. The van der Waals surface area contributed by atoms with Crippen LogP contribution < -0.4 is 4.90 Å². The number of esters is 2. The number of rotatable bonds is 12. The molecule has 2 amide bonds. The van der Waals surface area contributed by atoms with Crippen LogP contribution in [0.1, 0.15) is 49.9 Å². The third-order valence-corrected chi connectivity index (χ3v) is 4.38. The van der Waals surface area contributed by atoms with Crippen molar-refractivity contribution in [3.8, 4) is 0 Å². The minimum absolute atomic E-state index is 0.200. The summed E-state index contributed by atoms with van der Waals surface area (Å²) in [5.74, 6) is -1.61. The standard InChI is InChI=1S/C22H27NO8/c1-4-21(26)30-15(2)28-13-5-6-14-29-16(3)31-22(27)17-7-9-18(10-8-17)23-19(24)11-12-20(23)25/h4,7-10,15-16H,1,5-6,11-14H2,2-3H3. The van der Waals surface area contributed by atoms with Crippen LogP contribution in [0, 0.1) is 0 Å². The van der Waals surface area contributed by atoms with E-state index in [1.54, 1.807) is 13.8 Å². The molecule has 31 heavy (non-hydrogen) atoms. The number of unbranched alkanes of at least 4 members (excludes halogenated alkanes) is 1. The molecule has 9 nitrogen and oxygen atoms in total. The van der Waals surface area contributed by atoms with E-state index in [9.17, 15) is 19.2 Å². The highest BCUT2D eigenvalue weighted by Crippen LogP contribution is 2.23. The van der Waals surface area contributed by atoms with E-state index < -0.39 is 24.5 Å². The van der Waals surface area contributed by atoms with Crippen molar-refractivity contribution in [2.75, 3.05) is 18.1 Å². The van der Waals surface area contributed by atoms with Crippen molar-refractivity contribution in [2.45, 2.75) is 52.1 Å². The largest absolute Gasteiger partial charge is 0.433 e. The first-order valence-electron chi connectivity index (χ1n) is 10.0. The fourth-order valence-corrected chi connectivity index (χ4v) is 2.81. The molecule has 0 aliphatic carbocycles. The van der Waals surface area contributed by atoms with Gasteiger partial charge < -0.3 is 18.9 Å². The number of ether oxygens (including phenoxy) is 4. The molecule has 0 saturated carbocycles. The van der Waals surface area contributed by atoms with Crippen molar-refractivity contribution in [3.63, 3.8) is 0 Å². The fourth-order valence-electron chi connectivity index (χ4n) is 2.81. The first kappa shape index (κ1) is 24.2. The molecule has 2 atom stereocenters. The van der Waals surface area contributed by atoms with Crippen LogP contribution in [0.3, 0.4) is 0 Å². The summed E-state index contributed by atoms with van der Waals surface area (Å²) < 4.78 is 20.9. The Hall–Kier alpha value is -3.04. The van der Waals surface area contributed by atoms with E-state index in [1.807, 2.05) is 0 Å². The van der Waals surface area contributed by atoms with Gasteiger partial charge in [-0.3, -0.25) is 14.5 Å². The number of anilines is 1. The number of benzene rings is 1. The zero-order valence-corrected chi connectivity index (χ0v) is 17.7. The number of hydrogen-bond donors (Lipinski definition) is 0. The lowest BCUT2D eigenvalue weighted by atomic mass is 10.2. The first-order valence-corrected chi connectivity index (χ1v) is 10.0. The summed E-state index contributed by atoms with van der Waals surface area (Å²) in [4.78, 5) is 47.9. The number of imide groups is 1. The fraction of sp³-hybridized carbons (Fsp3) is 0.455. The number of hydrogen-bond acceptors (Lipinski definition) is 8. The SMILES string of the molecule is C=CC(=O)OC(C)OCCCCOC(C)OC(=O)c1ccc(N2C(=O)CCC2=O)cc1. The third kappa shape index (κ3) is 7.62. The summed E-state index contributed by atoms with van der Waals surface area (Å²) in [6.45, 7) is 7.28. The van der Waals surface area contributed by atoms with E-state index >= 15 is 0 Å². The van der Waals surface area contributed by atoms with E-state index in [0.29, 0.717) is 31.7 Å². The Morgan fingerprint density at radius 1 is 0.968 bits per heavy atom. The van der Waals surface area contributed by atoms with Crippen LogP contribution in [-0.2, 0) is 33.3 Å². The molecule has 1 fully saturated rings. The van der Waals surface area contributed by atoms with Crippen molar-refractivity contribution < 1.29 is 38.1 Å². The molecule has 1 aliphatic rings. The highest BCUT2D eigenvalue weighted by atomic mass is 16.7. The van der Waals surface area contributed by atoms with Gasteiger partial charge in [0.1, 0.15) is 0 Å². The quantitative estimate of drug-likeness (QED) is 0.163. The van der Waals surface area contributed by atoms with E-state index in [1.165, 1.54) is 24.3 Å². The average Bonchev–Trinajstić information content (AvgIpc) is 3.08. The van der Waals surface area contributed by atoms with Gasteiger partial charge in [0.25, 0.3) is 0 Å². The normalized spacial score (nSPS) is 15.5. The van der Waals surface area contributed by atoms with Crippen LogP contribution >= 0.6 is 0 Å². The Balaban J connectivity index is 1.66. The van der Waals surface area contributed by atoms with Crippen LogP contribution in [0.15, 0.2) is 36.9 Å². The minimum Gasteiger partial charge on any atom is -0.433 e. The molecular formula is C22H27NO8. The topological polar surface area (TPSA) is 108 Å². The van der Waals surface area contributed by atoms with Crippen molar-refractivity contribution in [1.82, 2.24) is 0 Å². The molecule has 1 aromatic rings. The second-order valence-electron chi connectivity index (χ2n) is 6.80. The summed E-state index contributed by atoms with van der Waals surface area (Å²) in [6.07, 6.45) is 1.40. The molecule has 0 radical (unpaired) electrons. The maximum absolute atomic E-state index is 12.2. The lowest BCUT2D eigenvalue weighted by Crippen LogP contribution is -2.28. The first-order chi connectivity index (χ1) is 14.8. The lowest BCUT2D eigenvalue weighted by Gasteiger charge is -2.16. The van der Waals surface area contributed by atoms with Crippen molar-refractivity contribution in [2.24, 2.45) is 0 Å². The number of carbonyl (C=O) groups is 4. The van der Waals surface area contributed by atoms with E-state index in [-0.39, 0.29) is 30.2 Å². The van der Waals surface area contributed by atoms with Gasteiger partial charge in [0.2, 0.25) is 11.8 Å². The van der Waals surface area contributed by atoms with Crippen LogP contribution in [0.25, 0.3) is 0 Å². The van der Waals surface area contributed by atoms with Gasteiger partial charge in [-0.05, 0) is 51.0 Å². The summed E-state index contributed by atoms with van der Waals surface area (Å²) >= 11 is 0. The van der Waals surface area contributed by atoms with Crippen LogP contribution in [0.5, 0.6) is 0 Å². The number of amides is 2. The molecule has 0 bridgehead atoms. The smallest absolute Gasteiger partial charge is 0.340 e. The monoisotopic (exact) mass is 433 g/mol. The molecule has 9 heteroatoms. The Kier molecular flexibility index (Phi) is 9.36. The van der Waals surface area contributed by atoms with Crippen molar-refractivity contribution >= 4 is 29.4 Å². The molecular weight excluding hydrogens is 406 g/mol. The highest BCUT2D eigenvalue weighted by Gasteiger charge is 2.30. The Labute approximate surface area is 180 Å². The summed E-state index contributed by atoms with van der Waals surface area (Å²) in [7, 11) is 0. The maximum atomic E-state index is 12.2. The Morgan fingerprint density at radius 3 is 2.00 bits per heavy atom. The maximum Gasteiger partial charge on any atom is 0.340 e. The molecule has 168 valence electrons. The zero-order chi connectivity index (χ0) is 22.8. The van der Waals surface area contributed by atoms with Gasteiger partial charge in [0.05, 0.1) is 24.5 Å². The molecule has 1 aromatic carbocycles. The van der Waals surface area contributed by atoms with Gasteiger partial charge in [-0.15, -0.1) is 0 Å². The molecule has 0 aromatic heterocycles. The molecule has 1 aliphatic heterocycles. The van der Waals surface area contributed by atoms with Crippen LogP contribution in [0.2, 0.25) is 0 Å². The average molecular weight is 433 g/mol. The number of carbonyl (C=O) groups excluding carboxylic acids is 4. The van der Waals surface area contributed by atoms with E-state index in [4.69, 9.17) is 18.9 Å². The minimum atomic E-state index is -0.748. The van der Waals surface area contributed by atoms with Gasteiger partial charge in [0, 0.05) is 18.9 Å². The molecule has 1 saturated heterocycles. The predicted octanol–water partition coefficient (Wildman–Crippen LogP) is 2.73. The second kappa shape index (κ2) is 12.0. The zero-order valence-electron chi connectivity index (χ0n) is 17.7. The molecule has 0 spiro atoms. The number of nitrogens with zero attached hydrogens (tertiary/aromatic N) is 1. The summed E-state index contributed by atoms with van der Waals surface area (Å²) in [6, 6.07) is 6.08. The van der Waals surface area contributed by atoms with Crippen LogP contribution in [0.4, 0.5) is 5.69 Å². The van der Waals surface area contributed by atoms with Crippen LogP contribution in [-0.4, -0.2) is 49.5 Å². The van der Waals surface area contributed by atoms with Crippen molar-refractivity contribution in [1.29, 1.82) is 0 Å². The van der Waals surface area contributed by atoms with E-state index in [0.717, 1.165) is 11.0 Å². The molecule has 2 rings (SSSR count). The third-order valence-electron chi connectivity index (χ3n) is 4.38. The van der Waals surface area contributed by atoms with Gasteiger partial charge >= 0.3 is 11.9 Å². The van der Waals surface area contributed by atoms with E-state index in [2.05, 4.69) is 6.58 Å². The van der Waals surface area contributed by atoms with Gasteiger partial charge in [0.15, 0.2) is 12.6 Å². The Morgan fingerprint density at radius 2 is 1.48 bits per heavy atom. The molecule has 0 N–H and O–H groups in total. The summed E-state index contributed by atoms with van der Waals surface area (Å²) in [5, 5.41) is 0. The Bertz CT molecular complexity index is 788. The van der Waals surface area contributed by atoms with Gasteiger partial charge in [-0.2, -0.15) is 0 Å². The lowest BCUT2D eigenvalue weighted by molar-refractivity contribution is -0.169. The van der Waals surface area contributed by atoms with Gasteiger partial charge in [-0.25, -0.2) is 9.59 Å². The molecule has 1 heterocycles. The molecule has 2 unspecified atom stereocenters. The van der Waals surface area contributed by atoms with Crippen molar-refractivity contribution in [3.05, 3.63) is 42.5 Å². The summed E-state index contributed by atoms with van der Waals surface area (Å²) in [5.41, 5.74) is 0.721. The highest BCUT2D eigenvalue weighted by molar-refractivity contribution is 6.19.